The number of piperidine rings is 1. The number of urea groups is 1. The normalized spacial score (nSPS) is 16.4. The zero-order valence-electron chi connectivity index (χ0n) is 20.9. The molecule has 0 radical (unpaired) electrons. The van der Waals surface area contributed by atoms with E-state index in [9.17, 15) is 9.18 Å². The lowest BCUT2D eigenvalue weighted by Crippen LogP contribution is -2.45. The molecule has 1 saturated heterocycles. The van der Waals surface area contributed by atoms with Gasteiger partial charge in [0.2, 0.25) is 0 Å². The first-order chi connectivity index (χ1) is 17.8. The van der Waals surface area contributed by atoms with Gasteiger partial charge in [0.25, 0.3) is 0 Å². The van der Waals surface area contributed by atoms with Gasteiger partial charge in [0.1, 0.15) is 11.6 Å². The number of amides is 2. The van der Waals surface area contributed by atoms with E-state index in [4.69, 9.17) is 4.98 Å². The Morgan fingerprint density at radius 3 is 2.76 bits per heavy atom. The molecule has 1 aliphatic heterocycles. The van der Waals surface area contributed by atoms with Crippen LogP contribution in [0.1, 0.15) is 54.5 Å². The molecular formula is C25H29FN10O. The molecule has 0 aromatic carbocycles. The predicted octanol–water partition coefficient (Wildman–Crippen LogP) is 3.93. The number of pyridine rings is 1. The van der Waals surface area contributed by atoms with Crippen LogP contribution in [-0.4, -0.2) is 59.0 Å². The zero-order chi connectivity index (χ0) is 25.9. The number of carbonyl (C=O) groups is 1. The van der Waals surface area contributed by atoms with Crippen LogP contribution in [0.25, 0.3) is 5.82 Å². The minimum absolute atomic E-state index is 0.0339. The summed E-state index contributed by atoms with van der Waals surface area (Å²) in [7, 11) is 0. The molecule has 192 valence electrons. The summed E-state index contributed by atoms with van der Waals surface area (Å²) in [4.78, 5) is 28.6. The Hall–Kier alpha value is -4.35. The fraction of sp³-hybridized carbons (Fsp3) is 0.360. The molecule has 4 aromatic heterocycles. The third-order valence-corrected chi connectivity index (χ3v) is 6.30. The van der Waals surface area contributed by atoms with Gasteiger partial charge in [-0.1, -0.05) is 6.07 Å². The summed E-state index contributed by atoms with van der Waals surface area (Å²) in [6.45, 7) is 6.98. The summed E-state index contributed by atoms with van der Waals surface area (Å²) in [6.07, 6.45) is 5.82. The third kappa shape index (κ3) is 5.74. The smallest absolute Gasteiger partial charge is 0.317 e. The van der Waals surface area contributed by atoms with Crippen molar-refractivity contribution in [3.8, 4) is 5.82 Å². The van der Waals surface area contributed by atoms with E-state index in [-0.39, 0.29) is 18.0 Å². The first kappa shape index (κ1) is 24.3. The van der Waals surface area contributed by atoms with Crippen LogP contribution in [0.5, 0.6) is 0 Å². The van der Waals surface area contributed by atoms with Crippen molar-refractivity contribution in [3.63, 3.8) is 0 Å². The van der Waals surface area contributed by atoms with E-state index in [1.165, 1.54) is 10.9 Å². The molecule has 2 amide bonds. The SMILES string of the molecule is Cc1cc(Nc2cc(C)[nH]n2)nc(C2CCCN(C(=O)N[C@@H](C)c3ccc(-n4cc(F)cn4)nc3)C2)n1. The largest absolute Gasteiger partial charge is 0.331 e. The number of likely N-dealkylation sites (tertiary alicyclic amines) is 1. The second kappa shape index (κ2) is 10.3. The second-order valence-corrected chi connectivity index (χ2v) is 9.32. The Morgan fingerprint density at radius 2 is 2.05 bits per heavy atom. The Labute approximate surface area is 213 Å². The molecule has 0 spiro atoms. The molecule has 12 heteroatoms. The summed E-state index contributed by atoms with van der Waals surface area (Å²) in [6, 6.07) is 6.98. The van der Waals surface area contributed by atoms with E-state index >= 15 is 0 Å². The molecule has 5 heterocycles. The van der Waals surface area contributed by atoms with E-state index in [1.807, 2.05) is 43.9 Å². The van der Waals surface area contributed by atoms with Crippen molar-refractivity contribution < 1.29 is 9.18 Å². The van der Waals surface area contributed by atoms with Crippen LogP contribution in [0.15, 0.2) is 42.9 Å². The van der Waals surface area contributed by atoms with E-state index in [0.29, 0.717) is 30.5 Å². The number of carbonyl (C=O) groups excluding carboxylic acids is 1. The molecule has 1 fully saturated rings. The molecule has 0 bridgehead atoms. The number of H-pyrrole nitrogens is 1. The first-order valence-electron chi connectivity index (χ1n) is 12.2. The summed E-state index contributed by atoms with van der Waals surface area (Å²) < 4.78 is 14.6. The quantitative estimate of drug-likeness (QED) is 0.363. The Kier molecular flexibility index (Phi) is 6.80. The van der Waals surface area contributed by atoms with Gasteiger partial charge < -0.3 is 15.5 Å². The molecule has 0 aliphatic carbocycles. The average molecular weight is 505 g/mol. The van der Waals surface area contributed by atoms with Crippen molar-refractivity contribution in [1.82, 2.24) is 45.1 Å². The number of hydrogen-bond donors (Lipinski definition) is 3. The lowest BCUT2D eigenvalue weighted by Gasteiger charge is -2.33. The number of nitrogens with zero attached hydrogens (tertiary/aromatic N) is 7. The maximum Gasteiger partial charge on any atom is 0.317 e. The van der Waals surface area contributed by atoms with Gasteiger partial charge in [-0.3, -0.25) is 5.10 Å². The fourth-order valence-electron chi connectivity index (χ4n) is 4.40. The van der Waals surface area contributed by atoms with Crippen molar-refractivity contribution in [2.24, 2.45) is 0 Å². The minimum atomic E-state index is -0.428. The molecule has 11 nitrogen and oxygen atoms in total. The fourth-order valence-corrected chi connectivity index (χ4v) is 4.40. The molecule has 5 rings (SSSR count). The highest BCUT2D eigenvalue weighted by Gasteiger charge is 2.28. The standard InChI is InChI=1S/C25H29FN10O/c1-15-9-21(31-22-10-16(2)33-34-22)32-24(29-15)19-5-4-8-35(13-19)25(37)30-17(3)18-6-7-23(27-11-18)36-14-20(26)12-28-36/h6-7,9-12,14,17,19H,4-5,8,13H2,1-3H3,(H,30,37)(H2,29,31,32,33,34)/t17-,19?/m0/s1. The number of aromatic amines is 1. The Bertz CT molecular complexity index is 1380. The maximum absolute atomic E-state index is 13.2. The van der Waals surface area contributed by atoms with Gasteiger partial charge in [-0.05, 0) is 45.2 Å². The van der Waals surface area contributed by atoms with Crippen LogP contribution >= 0.6 is 0 Å². The highest BCUT2D eigenvalue weighted by molar-refractivity contribution is 5.75. The van der Waals surface area contributed by atoms with Crippen LogP contribution in [0, 0.1) is 19.7 Å². The average Bonchev–Trinajstić information content (AvgIpc) is 3.51. The van der Waals surface area contributed by atoms with E-state index < -0.39 is 5.82 Å². The summed E-state index contributed by atoms with van der Waals surface area (Å²) >= 11 is 0. The number of anilines is 2. The first-order valence-corrected chi connectivity index (χ1v) is 12.2. The van der Waals surface area contributed by atoms with Gasteiger partial charge >= 0.3 is 6.03 Å². The number of hydrogen-bond acceptors (Lipinski definition) is 7. The van der Waals surface area contributed by atoms with Crippen LogP contribution in [-0.2, 0) is 0 Å². The lowest BCUT2D eigenvalue weighted by atomic mass is 9.97. The van der Waals surface area contributed by atoms with Crippen molar-refractivity contribution >= 4 is 17.7 Å². The number of aromatic nitrogens is 7. The van der Waals surface area contributed by atoms with E-state index in [2.05, 4.69) is 35.9 Å². The molecule has 1 unspecified atom stereocenters. The number of aryl methyl sites for hydroxylation is 2. The van der Waals surface area contributed by atoms with Gasteiger partial charge in [-0.25, -0.2) is 28.8 Å². The topological polar surface area (TPSA) is 130 Å². The Morgan fingerprint density at radius 1 is 1.19 bits per heavy atom. The summed E-state index contributed by atoms with van der Waals surface area (Å²) in [5, 5.41) is 17.3. The molecule has 1 aliphatic rings. The van der Waals surface area contributed by atoms with E-state index in [1.54, 1.807) is 12.3 Å². The molecule has 4 aromatic rings. The molecule has 0 saturated carbocycles. The van der Waals surface area contributed by atoms with Crippen molar-refractivity contribution in [2.75, 3.05) is 18.4 Å². The summed E-state index contributed by atoms with van der Waals surface area (Å²) in [5.74, 6) is 2.20. The monoisotopic (exact) mass is 504 g/mol. The number of rotatable bonds is 6. The van der Waals surface area contributed by atoms with Crippen LogP contribution in [0.2, 0.25) is 0 Å². The highest BCUT2D eigenvalue weighted by atomic mass is 19.1. The van der Waals surface area contributed by atoms with Gasteiger partial charge in [0.15, 0.2) is 17.5 Å². The molecule has 37 heavy (non-hydrogen) atoms. The van der Waals surface area contributed by atoms with Crippen molar-refractivity contribution in [1.29, 1.82) is 0 Å². The Balaban J connectivity index is 1.22. The molecule has 3 N–H and O–H groups in total. The second-order valence-electron chi connectivity index (χ2n) is 9.32. The molecule has 2 atom stereocenters. The van der Waals surface area contributed by atoms with Crippen LogP contribution < -0.4 is 10.6 Å². The maximum atomic E-state index is 13.2. The van der Waals surface area contributed by atoms with Crippen LogP contribution in [0.4, 0.5) is 20.8 Å². The van der Waals surface area contributed by atoms with Crippen molar-refractivity contribution in [2.45, 2.75) is 45.6 Å². The van der Waals surface area contributed by atoms with E-state index in [0.717, 1.165) is 41.8 Å². The predicted molar refractivity (Wildman–Crippen MR) is 135 cm³/mol. The van der Waals surface area contributed by atoms with Gasteiger partial charge in [0.05, 0.1) is 18.4 Å². The van der Waals surface area contributed by atoms with Gasteiger partial charge in [0, 0.05) is 48.7 Å². The number of halogens is 1. The third-order valence-electron chi connectivity index (χ3n) is 6.30. The summed E-state index contributed by atoms with van der Waals surface area (Å²) in [5.41, 5.74) is 2.64. The van der Waals surface area contributed by atoms with Crippen LogP contribution in [0.3, 0.4) is 0 Å². The number of nitrogens with one attached hydrogen (secondary N) is 3. The lowest BCUT2D eigenvalue weighted by molar-refractivity contribution is 0.175. The van der Waals surface area contributed by atoms with Gasteiger partial charge in [-0.2, -0.15) is 10.2 Å². The van der Waals surface area contributed by atoms with Gasteiger partial charge in [-0.15, -0.1) is 0 Å². The zero-order valence-corrected chi connectivity index (χ0v) is 20.9. The molecular weight excluding hydrogens is 475 g/mol. The van der Waals surface area contributed by atoms with Crippen molar-refractivity contribution in [3.05, 3.63) is 71.4 Å². The minimum Gasteiger partial charge on any atom is -0.331 e. The highest BCUT2D eigenvalue weighted by Crippen LogP contribution is 2.27.